The number of ether oxygens (including phenoxy) is 1. The highest BCUT2D eigenvalue weighted by Crippen LogP contribution is 2.30. The SMILES string of the molecule is COc1cccc(-c2cnc(N)c(C(=O)Nc3cnccc3N3CCC(C(=O)O)CC3)n2)c1. The molecule has 1 fully saturated rings. The first-order valence-electron chi connectivity index (χ1n) is 10.5. The largest absolute Gasteiger partial charge is 0.497 e. The molecule has 0 bridgehead atoms. The molecule has 3 heterocycles. The molecule has 4 rings (SSSR count). The number of carbonyl (C=O) groups excluding carboxylic acids is 1. The van der Waals surface area contributed by atoms with Crippen molar-refractivity contribution in [1.82, 2.24) is 15.0 Å². The molecular weight excluding hydrogens is 424 g/mol. The zero-order valence-corrected chi connectivity index (χ0v) is 18.1. The van der Waals surface area contributed by atoms with Crippen LogP contribution in [0.1, 0.15) is 23.3 Å². The number of aliphatic carboxylic acids is 1. The molecule has 2 aromatic heterocycles. The summed E-state index contributed by atoms with van der Waals surface area (Å²) >= 11 is 0. The van der Waals surface area contributed by atoms with Gasteiger partial charge in [0.15, 0.2) is 11.5 Å². The van der Waals surface area contributed by atoms with Gasteiger partial charge < -0.3 is 25.8 Å². The Morgan fingerprint density at radius 2 is 2.00 bits per heavy atom. The molecule has 0 spiro atoms. The lowest BCUT2D eigenvalue weighted by molar-refractivity contribution is -0.142. The predicted molar refractivity (Wildman–Crippen MR) is 123 cm³/mol. The average molecular weight is 448 g/mol. The van der Waals surface area contributed by atoms with Gasteiger partial charge >= 0.3 is 5.97 Å². The minimum absolute atomic E-state index is 0.00490. The van der Waals surface area contributed by atoms with Crippen LogP contribution < -0.4 is 20.7 Å². The van der Waals surface area contributed by atoms with Crippen molar-refractivity contribution in [2.24, 2.45) is 5.92 Å². The molecule has 170 valence electrons. The van der Waals surface area contributed by atoms with Crippen LogP contribution in [0.15, 0.2) is 48.9 Å². The van der Waals surface area contributed by atoms with Gasteiger partial charge in [0, 0.05) is 24.8 Å². The van der Waals surface area contributed by atoms with Crippen molar-refractivity contribution in [3.63, 3.8) is 0 Å². The van der Waals surface area contributed by atoms with Crippen LogP contribution in [0.4, 0.5) is 17.2 Å². The Bertz CT molecular complexity index is 1180. The number of rotatable bonds is 6. The molecule has 3 aromatic rings. The summed E-state index contributed by atoms with van der Waals surface area (Å²) in [4.78, 5) is 39.1. The predicted octanol–water partition coefficient (Wildman–Crippen LogP) is 2.68. The van der Waals surface area contributed by atoms with E-state index in [0.717, 1.165) is 11.3 Å². The third-order valence-corrected chi connectivity index (χ3v) is 5.61. The maximum atomic E-state index is 13.1. The Balaban J connectivity index is 1.56. The van der Waals surface area contributed by atoms with Crippen molar-refractivity contribution < 1.29 is 19.4 Å². The molecule has 10 nitrogen and oxygen atoms in total. The van der Waals surface area contributed by atoms with Crippen LogP contribution in [0, 0.1) is 5.92 Å². The zero-order chi connectivity index (χ0) is 23.4. The number of carboxylic acid groups (broad SMARTS) is 1. The normalized spacial score (nSPS) is 14.0. The summed E-state index contributed by atoms with van der Waals surface area (Å²) in [5.74, 6) is -0.978. The van der Waals surface area contributed by atoms with E-state index in [1.807, 2.05) is 23.1 Å². The number of anilines is 3. The molecule has 1 aliphatic heterocycles. The van der Waals surface area contributed by atoms with Gasteiger partial charge in [-0.1, -0.05) is 12.1 Å². The summed E-state index contributed by atoms with van der Waals surface area (Å²) < 4.78 is 5.25. The quantitative estimate of drug-likeness (QED) is 0.518. The zero-order valence-electron chi connectivity index (χ0n) is 18.1. The lowest BCUT2D eigenvalue weighted by Gasteiger charge is -2.33. The lowest BCUT2D eigenvalue weighted by atomic mass is 9.97. The number of amides is 1. The maximum absolute atomic E-state index is 13.1. The second kappa shape index (κ2) is 9.51. The fraction of sp³-hybridized carbons (Fsp3) is 0.261. The van der Waals surface area contributed by atoms with Crippen LogP contribution >= 0.6 is 0 Å². The number of nitrogen functional groups attached to an aromatic ring is 1. The Kier molecular flexibility index (Phi) is 6.34. The lowest BCUT2D eigenvalue weighted by Crippen LogP contribution is -2.36. The van der Waals surface area contributed by atoms with Crippen LogP contribution in [0.2, 0.25) is 0 Å². The number of pyridine rings is 1. The molecule has 0 atom stereocenters. The Morgan fingerprint density at radius 1 is 1.21 bits per heavy atom. The van der Waals surface area contributed by atoms with E-state index < -0.39 is 11.9 Å². The Hall–Kier alpha value is -4.21. The Morgan fingerprint density at radius 3 is 2.73 bits per heavy atom. The van der Waals surface area contributed by atoms with Crippen molar-refractivity contribution in [3.05, 3.63) is 54.6 Å². The number of piperidine rings is 1. The van der Waals surface area contributed by atoms with Crippen molar-refractivity contribution in [1.29, 1.82) is 0 Å². The first-order chi connectivity index (χ1) is 16.0. The van der Waals surface area contributed by atoms with Crippen LogP contribution in [-0.4, -0.2) is 52.1 Å². The number of benzene rings is 1. The third kappa shape index (κ3) is 4.84. The summed E-state index contributed by atoms with van der Waals surface area (Å²) in [6, 6.07) is 9.05. The monoisotopic (exact) mass is 448 g/mol. The number of hydrogen-bond acceptors (Lipinski definition) is 8. The number of aromatic nitrogens is 3. The second-order valence-electron chi connectivity index (χ2n) is 7.67. The van der Waals surface area contributed by atoms with E-state index >= 15 is 0 Å². The molecule has 0 radical (unpaired) electrons. The van der Waals surface area contributed by atoms with Gasteiger partial charge in [-0.05, 0) is 31.0 Å². The molecule has 1 amide bonds. The molecular formula is C23H24N6O4. The highest BCUT2D eigenvalue weighted by atomic mass is 16.5. The molecule has 1 saturated heterocycles. The highest BCUT2D eigenvalue weighted by Gasteiger charge is 2.26. The smallest absolute Gasteiger partial charge is 0.306 e. The number of nitrogens with two attached hydrogens (primary N) is 1. The van der Waals surface area contributed by atoms with Crippen LogP contribution in [0.3, 0.4) is 0 Å². The van der Waals surface area contributed by atoms with Gasteiger partial charge in [0.25, 0.3) is 5.91 Å². The van der Waals surface area contributed by atoms with Gasteiger partial charge in [0.1, 0.15) is 5.75 Å². The van der Waals surface area contributed by atoms with Gasteiger partial charge in [-0.3, -0.25) is 14.6 Å². The van der Waals surface area contributed by atoms with Crippen LogP contribution in [-0.2, 0) is 4.79 Å². The second-order valence-corrected chi connectivity index (χ2v) is 7.67. The van der Waals surface area contributed by atoms with Crippen molar-refractivity contribution in [3.8, 4) is 17.0 Å². The molecule has 10 heteroatoms. The molecule has 0 aliphatic carbocycles. The van der Waals surface area contributed by atoms with E-state index in [4.69, 9.17) is 10.5 Å². The van der Waals surface area contributed by atoms with E-state index in [0.29, 0.717) is 43.1 Å². The van der Waals surface area contributed by atoms with E-state index in [-0.39, 0.29) is 17.4 Å². The number of hydrogen-bond donors (Lipinski definition) is 3. The minimum atomic E-state index is -0.775. The van der Waals surface area contributed by atoms with Crippen molar-refractivity contribution in [2.75, 3.05) is 36.1 Å². The molecule has 33 heavy (non-hydrogen) atoms. The van der Waals surface area contributed by atoms with E-state index in [1.165, 1.54) is 6.20 Å². The molecule has 1 aliphatic rings. The fourth-order valence-electron chi connectivity index (χ4n) is 3.80. The van der Waals surface area contributed by atoms with Crippen molar-refractivity contribution >= 4 is 29.1 Å². The van der Waals surface area contributed by atoms with Gasteiger partial charge in [0.05, 0.1) is 42.5 Å². The van der Waals surface area contributed by atoms with Crippen LogP contribution in [0.25, 0.3) is 11.3 Å². The summed E-state index contributed by atoms with van der Waals surface area (Å²) in [5, 5.41) is 12.1. The summed E-state index contributed by atoms with van der Waals surface area (Å²) in [5.41, 5.74) is 8.43. The summed E-state index contributed by atoms with van der Waals surface area (Å²) in [6.45, 7) is 1.13. The van der Waals surface area contributed by atoms with Gasteiger partial charge in [-0.25, -0.2) is 9.97 Å². The number of methoxy groups -OCH3 is 1. The van der Waals surface area contributed by atoms with Gasteiger partial charge in [0.2, 0.25) is 0 Å². The van der Waals surface area contributed by atoms with E-state index in [1.54, 1.807) is 31.6 Å². The van der Waals surface area contributed by atoms with E-state index in [2.05, 4.69) is 20.3 Å². The fourth-order valence-corrected chi connectivity index (χ4v) is 3.80. The minimum Gasteiger partial charge on any atom is -0.497 e. The average Bonchev–Trinajstić information content (AvgIpc) is 2.84. The topological polar surface area (TPSA) is 144 Å². The number of nitrogens with one attached hydrogen (secondary N) is 1. The molecule has 0 unspecified atom stereocenters. The maximum Gasteiger partial charge on any atom is 0.306 e. The molecule has 0 saturated carbocycles. The van der Waals surface area contributed by atoms with E-state index in [9.17, 15) is 14.7 Å². The standard InChI is InChI=1S/C23H24N6O4/c1-33-16-4-2-3-15(11-16)17-13-26-21(24)20(27-17)22(30)28-18-12-25-8-5-19(18)29-9-6-14(7-10-29)23(31)32/h2-5,8,11-14H,6-7,9-10H2,1H3,(H2,24,26)(H,28,30)(H,31,32). The van der Waals surface area contributed by atoms with Gasteiger partial charge in [-0.15, -0.1) is 0 Å². The third-order valence-electron chi connectivity index (χ3n) is 5.61. The molecule has 4 N–H and O–H groups in total. The number of carbonyl (C=O) groups is 2. The summed E-state index contributed by atoms with van der Waals surface area (Å²) in [6.07, 6.45) is 5.75. The van der Waals surface area contributed by atoms with Crippen LogP contribution in [0.5, 0.6) is 5.75 Å². The number of carboxylic acids is 1. The first kappa shape index (κ1) is 22.0. The number of nitrogens with zero attached hydrogens (tertiary/aromatic N) is 4. The van der Waals surface area contributed by atoms with Crippen molar-refractivity contribution in [2.45, 2.75) is 12.8 Å². The molecule has 1 aromatic carbocycles. The summed E-state index contributed by atoms with van der Waals surface area (Å²) in [7, 11) is 1.57. The first-order valence-corrected chi connectivity index (χ1v) is 10.5. The Labute approximate surface area is 190 Å². The van der Waals surface area contributed by atoms with Gasteiger partial charge in [-0.2, -0.15) is 0 Å². The highest BCUT2D eigenvalue weighted by molar-refractivity contribution is 6.07.